The molecule has 0 saturated heterocycles. The Balaban J connectivity index is 1.80. The predicted octanol–water partition coefficient (Wildman–Crippen LogP) is 2.42. The summed E-state index contributed by atoms with van der Waals surface area (Å²) in [5.41, 5.74) is 7.82. The van der Waals surface area contributed by atoms with E-state index in [1.807, 2.05) is 19.1 Å². The van der Waals surface area contributed by atoms with Crippen LogP contribution < -0.4 is 5.73 Å². The van der Waals surface area contributed by atoms with E-state index in [9.17, 15) is 0 Å². The van der Waals surface area contributed by atoms with Crippen LogP contribution in [0.1, 0.15) is 43.1 Å². The number of rotatable bonds is 2. The van der Waals surface area contributed by atoms with Crippen LogP contribution in [0.5, 0.6) is 0 Å². The second-order valence-electron chi connectivity index (χ2n) is 5.29. The molecule has 5 heteroatoms. The number of aromatic nitrogens is 3. The summed E-state index contributed by atoms with van der Waals surface area (Å²) in [6, 6.07) is 4.25. The maximum absolute atomic E-state index is 5.91. The molecule has 0 bridgehead atoms. The van der Waals surface area contributed by atoms with Gasteiger partial charge in [0.1, 0.15) is 5.69 Å². The Bertz CT molecular complexity index is 558. The lowest BCUT2D eigenvalue weighted by molar-refractivity contribution is 0.301. The molecule has 0 radical (unpaired) electrons. The average molecular weight is 258 g/mol. The first-order chi connectivity index (χ1) is 9.22. The Kier molecular flexibility index (Phi) is 3.29. The summed E-state index contributed by atoms with van der Waals surface area (Å²) in [7, 11) is 0. The van der Waals surface area contributed by atoms with Crippen LogP contribution in [-0.4, -0.2) is 21.2 Å². The molecule has 1 fully saturated rings. The van der Waals surface area contributed by atoms with Crippen molar-refractivity contribution < 1.29 is 4.52 Å². The molecule has 0 unspecified atom stereocenters. The molecule has 1 saturated carbocycles. The minimum Gasteiger partial charge on any atom is -0.339 e. The van der Waals surface area contributed by atoms with Crippen LogP contribution in [0.15, 0.2) is 22.9 Å². The number of hydrogen-bond donors (Lipinski definition) is 1. The zero-order valence-electron chi connectivity index (χ0n) is 11.0. The van der Waals surface area contributed by atoms with Crippen LogP contribution >= 0.6 is 0 Å². The molecule has 5 nitrogen and oxygen atoms in total. The quantitative estimate of drug-likeness (QED) is 0.895. The van der Waals surface area contributed by atoms with E-state index >= 15 is 0 Å². The van der Waals surface area contributed by atoms with Gasteiger partial charge in [0, 0.05) is 18.2 Å². The van der Waals surface area contributed by atoms with E-state index in [1.165, 1.54) is 0 Å². The lowest BCUT2D eigenvalue weighted by atomic mass is 9.86. The Labute approximate surface area is 112 Å². The van der Waals surface area contributed by atoms with Gasteiger partial charge in [-0.15, -0.1) is 0 Å². The van der Waals surface area contributed by atoms with Gasteiger partial charge in [0.25, 0.3) is 0 Å². The molecule has 1 aliphatic carbocycles. The van der Waals surface area contributed by atoms with Gasteiger partial charge in [-0.3, -0.25) is 4.98 Å². The maximum Gasteiger partial charge on any atom is 0.230 e. The third-order valence-corrected chi connectivity index (χ3v) is 3.71. The average Bonchev–Trinajstić information content (AvgIpc) is 2.89. The van der Waals surface area contributed by atoms with Crippen molar-refractivity contribution in [2.24, 2.45) is 5.73 Å². The molecule has 2 aromatic rings. The fourth-order valence-electron chi connectivity index (χ4n) is 2.53. The van der Waals surface area contributed by atoms with E-state index in [0.29, 0.717) is 17.8 Å². The summed E-state index contributed by atoms with van der Waals surface area (Å²) in [5, 5.41) is 4.04. The number of aryl methyl sites for hydroxylation is 1. The fraction of sp³-hybridized carbons (Fsp3) is 0.500. The van der Waals surface area contributed by atoms with Crippen molar-refractivity contribution >= 4 is 0 Å². The molecule has 2 N–H and O–H groups in total. The lowest BCUT2D eigenvalue weighted by Gasteiger charge is -2.22. The molecule has 2 aromatic heterocycles. The van der Waals surface area contributed by atoms with Crippen molar-refractivity contribution in [3.05, 3.63) is 29.8 Å². The minimum absolute atomic E-state index is 0.331. The van der Waals surface area contributed by atoms with Crippen LogP contribution in [0, 0.1) is 6.92 Å². The van der Waals surface area contributed by atoms with Gasteiger partial charge in [0.15, 0.2) is 0 Å². The first kappa shape index (κ1) is 12.3. The van der Waals surface area contributed by atoms with Crippen LogP contribution in [0.3, 0.4) is 0 Å². The summed E-state index contributed by atoms with van der Waals surface area (Å²) in [4.78, 5) is 8.76. The summed E-state index contributed by atoms with van der Waals surface area (Å²) in [6.45, 7) is 2.02. The SMILES string of the molecule is Cc1ccnc(-c2noc(C3CCC(N)CC3)n2)c1. The van der Waals surface area contributed by atoms with E-state index < -0.39 is 0 Å². The van der Waals surface area contributed by atoms with Crippen molar-refractivity contribution in [2.75, 3.05) is 0 Å². The fourth-order valence-corrected chi connectivity index (χ4v) is 2.53. The molecule has 0 atom stereocenters. The van der Waals surface area contributed by atoms with E-state index in [1.54, 1.807) is 6.20 Å². The van der Waals surface area contributed by atoms with Crippen LogP contribution in [0.25, 0.3) is 11.5 Å². The zero-order chi connectivity index (χ0) is 13.2. The molecule has 1 aliphatic rings. The Hall–Kier alpha value is -1.75. The molecule has 0 spiro atoms. The normalized spacial score (nSPS) is 23.5. The zero-order valence-corrected chi connectivity index (χ0v) is 11.0. The van der Waals surface area contributed by atoms with Crippen LogP contribution in [-0.2, 0) is 0 Å². The van der Waals surface area contributed by atoms with Crippen molar-refractivity contribution in [1.29, 1.82) is 0 Å². The van der Waals surface area contributed by atoms with Crippen molar-refractivity contribution in [3.63, 3.8) is 0 Å². The monoisotopic (exact) mass is 258 g/mol. The first-order valence-corrected chi connectivity index (χ1v) is 6.74. The topological polar surface area (TPSA) is 77.8 Å². The Morgan fingerprint density at radius 1 is 1.26 bits per heavy atom. The van der Waals surface area contributed by atoms with Crippen LogP contribution in [0.4, 0.5) is 0 Å². The Morgan fingerprint density at radius 2 is 2.05 bits per heavy atom. The van der Waals surface area contributed by atoms with Gasteiger partial charge in [-0.1, -0.05) is 5.16 Å². The van der Waals surface area contributed by atoms with Gasteiger partial charge < -0.3 is 10.3 Å². The molecule has 0 aliphatic heterocycles. The summed E-state index contributed by atoms with van der Waals surface area (Å²) < 4.78 is 5.39. The standard InChI is InChI=1S/C14H18N4O/c1-9-6-7-16-12(8-9)13-17-14(19-18-13)10-2-4-11(15)5-3-10/h6-8,10-11H,2-5,15H2,1H3. The van der Waals surface area contributed by atoms with E-state index in [-0.39, 0.29) is 0 Å². The second kappa shape index (κ2) is 5.09. The van der Waals surface area contributed by atoms with Gasteiger partial charge in [0.2, 0.25) is 11.7 Å². The Morgan fingerprint density at radius 3 is 2.79 bits per heavy atom. The van der Waals surface area contributed by atoms with E-state index in [0.717, 1.165) is 42.8 Å². The molecular formula is C14H18N4O. The molecule has 3 rings (SSSR count). The number of pyridine rings is 1. The third-order valence-electron chi connectivity index (χ3n) is 3.71. The summed E-state index contributed by atoms with van der Waals surface area (Å²) >= 11 is 0. The third kappa shape index (κ3) is 2.66. The highest BCUT2D eigenvalue weighted by molar-refractivity contribution is 5.49. The lowest BCUT2D eigenvalue weighted by Crippen LogP contribution is -2.25. The van der Waals surface area contributed by atoms with Crippen molar-refractivity contribution in [2.45, 2.75) is 44.6 Å². The highest BCUT2D eigenvalue weighted by Gasteiger charge is 2.25. The highest BCUT2D eigenvalue weighted by atomic mass is 16.5. The molecule has 0 aromatic carbocycles. The van der Waals surface area contributed by atoms with E-state index in [2.05, 4.69) is 15.1 Å². The molecule has 2 heterocycles. The van der Waals surface area contributed by atoms with E-state index in [4.69, 9.17) is 10.3 Å². The van der Waals surface area contributed by atoms with Crippen molar-refractivity contribution in [3.8, 4) is 11.5 Å². The molecule has 0 amide bonds. The summed E-state index contributed by atoms with van der Waals surface area (Å²) in [6.07, 6.45) is 5.89. The second-order valence-corrected chi connectivity index (χ2v) is 5.29. The highest BCUT2D eigenvalue weighted by Crippen LogP contribution is 2.31. The molecular weight excluding hydrogens is 240 g/mol. The number of nitrogens with two attached hydrogens (primary N) is 1. The first-order valence-electron chi connectivity index (χ1n) is 6.74. The minimum atomic E-state index is 0.331. The van der Waals surface area contributed by atoms with Crippen molar-refractivity contribution in [1.82, 2.24) is 15.1 Å². The van der Waals surface area contributed by atoms with Gasteiger partial charge in [-0.05, 0) is 50.3 Å². The molecule has 100 valence electrons. The van der Waals surface area contributed by atoms with Gasteiger partial charge in [-0.2, -0.15) is 4.98 Å². The number of hydrogen-bond acceptors (Lipinski definition) is 5. The van der Waals surface area contributed by atoms with Gasteiger partial charge >= 0.3 is 0 Å². The number of nitrogens with zero attached hydrogens (tertiary/aromatic N) is 3. The molecule has 19 heavy (non-hydrogen) atoms. The van der Waals surface area contributed by atoms with Gasteiger partial charge in [-0.25, -0.2) is 0 Å². The maximum atomic E-state index is 5.91. The van der Waals surface area contributed by atoms with Gasteiger partial charge in [0.05, 0.1) is 0 Å². The smallest absolute Gasteiger partial charge is 0.230 e. The summed E-state index contributed by atoms with van der Waals surface area (Å²) in [5.74, 6) is 1.66. The largest absolute Gasteiger partial charge is 0.339 e. The predicted molar refractivity (Wildman–Crippen MR) is 71.5 cm³/mol. The van der Waals surface area contributed by atoms with Crippen LogP contribution in [0.2, 0.25) is 0 Å².